The third-order valence-corrected chi connectivity index (χ3v) is 5.20. The lowest BCUT2D eigenvalue weighted by Crippen LogP contribution is -2.28. The third-order valence-electron chi connectivity index (χ3n) is 5.20. The van der Waals surface area contributed by atoms with Crippen LogP contribution in [0.4, 0.5) is 5.69 Å². The SMILES string of the molecule is CCOC(=O)c1ccc(N2C=C(C(=O)OC)C(c3cccc(OCC)c3)C(C(=O)OC)=C2)cc1. The van der Waals surface area contributed by atoms with Crippen LogP contribution in [0.3, 0.4) is 0 Å². The molecule has 3 rings (SSSR count). The number of carbonyl (C=O) groups excluding carboxylic acids is 3. The fourth-order valence-electron chi connectivity index (χ4n) is 3.67. The zero-order valence-corrected chi connectivity index (χ0v) is 19.6. The second kappa shape index (κ2) is 11.2. The van der Waals surface area contributed by atoms with Crippen LogP contribution in [0, 0.1) is 0 Å². The minimum absolute atomic E-state index is 0.244. The van der Waals surface area contributed by atoms with Gasteiger partial charge in [0.1, 0.15) is 5.75 Å². The van der Waals surface area contributed by atoms with Gasteiger partial charge in [0, 0.05) is 18.1 Å². The lowest BCUT2D eigenvalue weighted by Gasteiger charge is -2.30. The Morgan fingerprint density at radius 2 is 1.44 bits per heavy atom. The zero-order chi connectivity index (χ0) is 24.7. The van der Waals surface area contributed by atoms with Gasteiger partial charge in [-0.2, -0.15) is 0 Å². The minimum Gasteiger partial charge on any atom is -0.494 e. The van der Waals surface area contributed by atoms with Crippen LogP contribution in [0.25, 0.3) is 0 Å². The molecule has 0 fully saturated rings. The first kappa shape index (κ1) is 24.6. The van der Waals surface area contributed by atoms with E-state index in [9.17, 15) is 14.4 Å². The van der Waals surface area contributed by atoms with Crippen molar-refractivity contribution in [2.75, 3.05) is 32.3 Å². The molecule has 1 aliphatic rings. The van der Waals surface area contributed by atoms with Crippen LogP contribution in [-0.4, -0.2) is 45.3 Å². The average molecular weight is 466 g/mol. The summed E-state index contributed by atoms with van der Waals surface area (Å²) in [6.07, 6.45) is 3.21. The Morgan fingerprint density at radius 1 is 0.824 bits per heavy atom. The van der Waals surface area contributed by atoms with Gasteiger partial charge in [0.2, 0.25) is 0 Å². The van der Waals surface area contributed by atoms with Crippen LogP contribution in [0.2, 0.25) is 0 Å². The van der Waals surface area contributed by atoms with Gasteiger partial charge in [0.05, 0.1) is 50.1 Å². The van der Waals surface area contributed by atoms with Gasteiger partial charge in [-0.3, -0.25) is 0 Å². The molecule has 2 aromatic carbocycles. The molecule has 8 heteroatoms. The first-order valence-electron chi connectivity index (χ1n) is 10.8. The molecule has 0 atom stereocenters. The summed E-state index contributed by atoms with van der Waals surface area (Å²) >= 11 is 0. The number of hydrogen-bond acceptors (Lipinski definition) is 8. The molecule has 0 radical (unpaired) electrons. The van der Waals surface area contributed by atoms with E-state index in [0.29, 0.717) is 29.2 Å². The molecule has 0 amide bonds. The van der Waals surface area contributed by atoms with Crippen LogP contribution in [0.5, 0.6) is 5.75 Å². The summed E-state index contributed by atoms with van der Waals surface area (Å²) in [5.41, 5.74) is 2.18. The lowest BCUT2D eigenvalue weighted by molar-refractivity contribution is -0.137. The van der Waals surface area contributed by atoms with Gasteiger partial charge in [-0.25, -0.2) is 14.4 Å². The van der Waals surface area contributed by atoms with Crippen molar-refractivity contribution in [2.45, 2.75) is 19.8 Å². The normalized spacial score (nSPS) is 13.5. The van der Waals surface area contributed by atoms with Crippen molar-refractivity contribution in [3.05, 3.63) is 83.2 Å². The molecule has 0 aromatic heterocycles. The summed E-state index contributed by atoms with van der Waals surface area (Å²) in [4.78, 5) is 39.2. The Kier molecular flexibility index (Phi) is 8.08. The maximum Gasteiger partial charge on any atom is 0.338 e. The highest BCUT2D eigenvalue weighted by Crippen LogP contribution is 2.39. The third kappa shape index (κ3) is 5.28. The Labute approximate surface area is 198 Å². The zero-order valence-electron chi connectivity index (χ0n) is 19.6. The van der Waals surface area contributed by atoms with E-state index in [4.69, 9.17) is 18.9 Å². The summed E-state index contributed by atoms with van der Waals surface area (Å²) in [6, 6.07) is 13.8. The highest BCUT2D eigenvalue weighted by atomic mass is 16.5. The molecule has 0 N–H and O–H groups in total. The van der Waals surface area contributed by atoms with E-state index in [1.54, 1.807) is 66.7 Å². The Morgan fingerprint density at radius 3 is 1.97 bits per heavy atom. The van der Waals surface area contributed by atoms with Crippen molar-refractivity contribution in [1.29, 1.82) is 0 Å². The van der Waals surface area contributed by atoms with E-state index in [0.717, 1.165) is 0 Å². The number of esters is 3. The molecule has 0 saturated heterocycles. The fourth-order valence-corrected chi connectivity index (χ4v) is 3.67. The molecule has 1 aliphatic heterocycles. The molecule has 2 aromatic rings. The molecule has 0 bridgehead atoms. The molecule has 178 valence electrons. The molecule has 0 unspecified atom stereocenters. The van der Waals surface area contributed by atoms with Crippen LogP contribution in [0.15, 0.2) is 72.1 Å². The second-order valence-corrected chi connectivity index (χ2v) is 7.27. The van der Waals surface area contributed by atoms with Crippen LogP contribution < -0.4 is 9.64 Å². The molecule has 8 nitrogen and oxygen atoms in total. The first-order valence-corrected chi connectivity index (χ1v) is 10.8. The highest BCUT2D eigenvalue weighted by Gasteiger charge is 2.35. The monoisotopic (exact) mass is 465 g/mol. The van der Waals surface area contributed by atoms with Crippen LogP contribution in [0.1, 0.15) is 35.7 Å². The second-order valence-electron chi connectivity index (χ2n) is 7.27. The lowest BCUT2D eigenvalue weighted by atomic mass is 9.83. The average Bonchev–Trinajstić information content (AvgIpc) is 2.87. The van der Waals surface area contributed by atoms with E-state index in [1.807, 2.05) is 13.0 Å². The highest BCUT2D eigenvalue weighted by molar-refractivity contribution is 6.00. The van der Waals surface area contributed by atoms with E-state index >= 15 is 0 Å². The Bertz CT molecular complexity index is 1080. The summed E-state index contributed by atoms with van der Waals surface area (Å²) in [6.45, 7) is 4.36. The number of rotatable bonds is 8. The summed E-state index contributed by atoms with van der Waals surface area (Å²) < 4.78 is 20.7. The topological polar surface area (TPSA) is 91.4 Å². The Hall–Kier alpha value is -4.07. The molecular weight excluding hydrogens is 438 g/mol. The predicted molar refractivity (Wildman–Crippen MR) is 125 cm³/mol. The van der Waals surface area contributed by atoms with Gasteiger partial charge in [0.15, 0.2) is 0 Å². The summed E-state index contributed by atoms with van der Waals surface area (Å²) in [5.74, 6) is -1.72. The molecule has 0 saturated carbocycles. The molecule has 0 spiro atoms. The van der Waals surface area contributed by atoms with E-state index in [1.165, 1.54) is 14.2 Å². The van der Waals surface area contributed by atoms with E-state index in [2.05, 4.69) is 0 Å². The quantitative estimate of drug-likeness (QED) is 0.427. The van der Waals surface area contributed by atoms with Crippen molar-refractivity contribution >= 4 is 23.6 Å². The number of anilines is 1. The first-order chi connectivity index (χ1) is 16.4. The van der Waals surface area contributed by atoms with Crippen molar-refractivity contribution in [2.24, 2.45) is 0 Å². The largest absolute Gasteiger partial charge is 0.494 e. The number of benzene rings is 2. The fraction of sp³-hybridized carbons (Fsp3) is 0.269. The van der Waals surface area contributed by atoms with Gasteiger partial charge in [-0.1, -0.05) is 12.1 Å². The van der Waals surface area contributed by atoms with Gasteiger partial charge >= 0.3 is 17.9 Å². The van der Waals surface area contributed by atoms with Crippen molar-refractivity contribution in [1.82, 2.24) is 0 Å². The van der Waals surface area contributed by atoms with Crippen LogP contribution in [-0.2, 0) is 23.8 Å². The number of methoxy groups -OCH3 is 2. The van der Waals surface area contributed by atoms with Crippen LogP contribution >= 0.6 is 0 Å². The maximum absolute atomic E-state index is 12.8. The number of hydrogen-bond donors (Lipinski definition) is 0. The smallest absolute Gasteiger partial charge is 0.338 e. The van der Waals surface area contributed by atoms with E-state index in [-0.39, 0.29) is 17.8 Å². The number of nitrogens with zero attached hydrogens (tertiary/aromatic N) is 1. The van der Waals surface area contributed by atoms with Gasteiger partial charge < -0.3 is 23.8 Å². The molecule has 0 aliphatic carbocycles. The summed E-state index contributed by atoms with van der Waals surface area (Å²) in [7, 11) is 2.57. The minimum atomic E-state index is -0.727. The van der Waals surface area contributed by atoms with Gasteiger partial charge in [-0.15, -0.1) is 0 Å². The standard InChI is InChI=1S/C26H27NO7/c1-5-33-20-9-7-8-18(14-20)23-21(25(29)31-3)15-27(16-22(23)26(30)32-4)19-12-10-17(11-13-19)24(28)34-6-2/h7-16,23H,5-6H2,1-4H3. The Balaban J connectivity index is 2.09. The number of ether oxygens (including phenoxy) is 4. The maximum atomic E-state index is 12.8. The molecule has 1 heterocycles. The van der Waals surface area contributed by atoms with Gasteiger partial charge in [0.25, 0.3) is 0 Å². The molecule has 34 heavy (non-hydrogen) atoms. The van der Waals surface area contributed by atoms with E-state index < -0.39 is 23.8 Å². The summed E-state index contributed by atoms with van der Waals surface area (Å²) in [5, 5.41) is 0. The predicted octanol–water partition coefficient (Wildman–Crippen LogP) is 3.98. The van der Waals surface area contributed by atoms with Gasteiger partial charge in [-0.05, 0) is 55.8 Å². The van der Waals surface area contributed by atoms with Crippen molar-refractivity contribution < 1.29 is 33.3 Å². The van der Waals surface area contributed by atoms with Crippen molar-refractivity contribution in [3.8, 4) is 5.75 Å². The number of carbonyl (C=O) groups is 3. The van der Waals surface area contributed by atoms with Crippen molar-refractivity contribution in [3.63, 3.8) is 0 Å². The molecular formula is C26H27NO7.